The average Bonchev–Trinajstić information content (AvgIpc) is 3.21. The first-order chi connectivity index (χ1) is 11.3. The van der Waals surface area contributed by atoms with Gasteiger partial charge < -0.3 is 14.6 Å². The van der Waals surface area contributed by atoms with E-state index < -0.39 is 0 Å². The van der Waals surface area contributed by atoms with Crippen LogP contribution in [0.5, 0.6) is 5.75 Å². The van der Waals surface area contributed by atoms with Gasteiger partial charge in [-0.2, -0.15) is 0 Å². The third kappa shape index (κ3) is 2.83. The van der Waals surface area contributed by atoms with Crippen molar-refractivity contribution in [3.63, 3.8) is 0 Å². The first-order valence-corrected chi connectivity index (χ1v) is 8.31. The summed E-state index contributed by atoms with van der Waals surface area (Å²) < 4.78 is 10.8. The molecule has 0 saturated carbocycles. The lowest BCUT2D eigenvalue weighted by atomic mass is 9.96. The zero-order valence-electron chi connectivity index (χ0n) is 13.1. The molecule has 120 valence electrons. The molecule has 2 aliphatic rings. The second-order valence-corrected chi connectivity index (χ2v) is 6.19. The van der Waals surface area contributed by atoms with Crippen LogP contribution in [0.3, 0.4) is 0 Å². The summed E-state index contributed by atoms with van der Waals surface area (Å²) in [6, 6.07) is 6.26. The molecule has 0 unspecified atom stereocenters. The molecule has 0 saturated heterocycles. The predicted octanol–water partition coefficient (Wildman–Crippen LogP) is 2.46. The van der Waals surface area contributed by atoms with Gasteiger partial charge in [0.2, 0.25) is 0 Å². The molecule has 5 nitrogen and oxygen atoms in total. The second kappa shape index (κ2) is 6.07. The Morgan fingerprint density at radius 1 is 1.22 bits per heavy atom. The fourth-order valence-corrected chi connectivity index (χ4v) is 3.36. The van der Waals surface area contributed by atoms with Gasteiger partial charge in [0.25, 0.3) is 5.91 Å². The van der Waals surface area contributed by atoms with Gasteiger partial charge in [0.05, 0.1) is 6.61 Å². The second-order valence-electron chi connectivity index (χ2n) is 6.19. The van der Waals surface area contributed by atoms with Crippen molar-refractivity contribution in [2.75, 3.05) is 13.2 Å². The van der Waals surface area contributed by atoms with Crippen molar-refractivity contribution in [2.45, 2.75) is 38.5 Å². The van der Waals surface area contributed by atoms with Gasteiger partial charge in [0, 0.05) is 24.9 Å². The number of hydrogen-bond acceptors (Lipinski definition) is 4. The number of fused-ring (bicyclic) bond motifs is 2. The number of ether oxygens (including phenoxy) is 1. The van der Waals surface area contributed by atoms with Gasteiger partial charge in [0.1, 0.15) is 11.5 Å². The highest BCUT2D eigenvalue weighted by atomic mass is 16.5. The fourth-order valence-electron chi connectivity index (χ4n) is 3.36. The minimum atomic E-state index is -0.124. The van der Waals surface area contributed by atoms with E-state index in [1.807, 2.05) is 6.07 Å². The van der Waals surface area contributed by atoms with Gasteiger partial charge in [0.15, 0.2) is 5.69 Å². The molecule has 4 rings (SSSR count). The Labute approximate surface area is 135 Å². The summed E-state index contributed by atoms with van der Waals surface area (Å²) in [7, 11) is 0. The zero-order valence-corrected chi connectivity index (χ0v) is 13.1. The fraction of sp³-hybridized carbons (Fsp3) is 0.444. The quantitative estimate of drug-likeness (QED) is 0.942. The Balaban J connectivity index is 1.36. The molecule has 0 fully saturated rings. The largest absolute Gasteiger partial charge is 0.493 e. The van der Waals surface area contributed by atoms with E-state index in [2.05, 4.69) is 22.6 Å². The van der Waals surface area contributed by atoms with Crippen LogP contribution in [-0.4, -0.2) is 24.2 Å². The zero-order chi connectivity index (χ0) is 15.6. The number of nitrogens with zero attached hydrogens (tertiary/aromatic N) is 1. The minimum Gasteiger partial charge on any atom is -0.493 e. The van der Waals surface area contributed by atoms with E-state index in [1.165, 1.54) is 11.1 Å². The Bertz CT molecular complexity index is 736. The Kier molecular flexibility index (Phi) is 3.77. The van der Waals surface area contributed by atoms with Gasteiger partial charge in [-0.25, -0.2) is 0 Å². The van der Waals surface area contributed by atoms with Gasteiger partial charge >= 0.3 is 0 Å². The smallest absolute Gasteiger partial charge is 0.273 e. The maximum Gasteiger partial charge on any atom is 0.273 e. The third-order valence-electron chi connectivity index (χ3n) is 4.62. The molecule has 2 heterocycles. The number of nitrogens with one attached hydrogen (secondary N) is 1. The van der Waals surface area contributed by atoms with Crippen LogP contribution < -0.4 is 10.1 Å². The van der Waals surface area contributed by atoms with E-state index in [9.17, 15) is 4.79 Å². The number of benzene rings is 1. The van der Waals surface area contributed by atoms with Gasteiger partial charge in [-0.3, -0.25) is 4.79 Å². The lowest BCUT2D eigenvalue weighted by molar-refractivity contribution is 0.0944. The van der Waals surface area contributed by atoms with Gasteiger partial charge in [-0.15, -0.1) is 0 Å². The van der Waals surface area contributed by atoms with E-state index in [4.69, 9.17) is 9.26 Å². The molecule has 0 radical (unpaired) electrons. The van der Waals surface area contributed by atoms with Gasteiger partial charge in [-0.1, -0.05) is 17.3 Å². The normalized spacial score (nSPS) is 15.7. The highest BCUT2D eigenvalue weighted by molar-refractivity contribution is 5.93. The van der Waals surface area contributed by atoms with E-state index in [1.54, 1.807) is 0 Å². The van der Waals surface area contributed by atoms with Crippen molar-refractivity contribution >= 4 is 5.91 Å². The van der Waals surface area contributed by atoms with Crippen molar-refractivity contribution in [2.24, 2.45) is 0 Å². The first-order valence-electron chi connectivity index (χ1n) is 8.31. The maximum atomic E-state index is 12.3. The van der Waals surface area contributed by atoms with Crippen molar-refractivity contribution in [3.8, 4) is 5.75 Å². The van der Waals surface area contributed by atoms with E-state index in [-0.39, 0.29) is 5.91 Å². The van der Waals surface area contributed by atoms with Crippen molar-refractivity contribution in [3.05, 3.63) is 46.3 Å². The van der Waals surface area contributed by atoms with E-state index >= 15 is 0 Å². The van der Waals surface area contributed by atoms with Crippen LogP contribution in [0, 0.1) is 0 Å². The summed E-state index contributed by atoms with van der Waals surface area (Å²) in [6.07, 6.45) is 5.79. The summed E-state index contributed by atoms with van der Waals surface area (Å²) in [6.45, 7) is 1.37. The molecule has 1 N–H and O–H groups in total. The van der Waals surface area contributed by atoms with Crippen LogP contribution in [0.15, 0.2) is 22.7 Å². The Morgan fingerprint density at radius 3 is 3.09 bits per heavy atom. The molecule has 23 heavy (non-hydrogen) atoms. The summed E-state index contributed by atoms with van der Waals surface area (Å²) in [5, 5.41) is 6.93. The monoisotopic (exact) mass is 312 g/mol. The number of amides is 1. The number of aryl methyl sites for hydroxylation is 1. The topological polar surface area (TPSA) is 64.4 Å². The van der Waals surface area contributed by atoms with E-state index in [0.717, 1.165) is 62.2 Å². The molecular weight excluding hydrogens is 292 g/mol. The number of carbonyl (C=O) groups excluding carboxylic acids is 1. The van der Waals surface area contributed by atoms with Crippen LogP contribution >= 0.6 is 0 Å². The molecule has 1 aliphatic heterocycles. The number of carbonyl (C=O) groups is 1. The number of hydrogen-bond donors (Lipinski definition) is 1. The third-order valence-corrected chi connectivity index (χ3v) is 4.62. The maximum absolute atomic E-state index is 12.3. The predicted molar refractivity (Wildman–Crippen MR) is 84.8 cm³/mol. The molecule has 1 aromatic heterocycles. The van der Waals surface area contributed by atoms with Crippen LogP contribution in [0.4, 0.5) is 0 Å². The molecule has 1 aliphatic carbocycles. The first kappa shape index (κ1) is 14.3. The number of rotatable bonds is 4. The summed E-state index contributed by atoms with van der Waals surface area (Å²) in [5.41, 5.74) is 3.96. The molecule has 0 bridgehead atoms. The average molecular weight is 312 g/mol. The van der Waals surface area contributed by atoms with E-state index in [0.29, 0.717) is 12.2 Å². The van der Waals surface area contributed by atoms with Crippen LogP contribution in [0.25, 0.3) is 0 Å². The number of aromatic nitrogens is 1. The van der Waals surface area contributed by atoms with Crippen LogP contribution in [0.2, 0.25) is 0 Å². The SMILES string of the molecule is O=C(NCCc1ccc2c(c1)CCO2)c1noc2c1CCCC2. The summed E-state index contributed by atoms with van der Waals surface area (Å²) >= 11 is 0. The highest BCUT2D eigenvalue weighted by Crippen LogP contribution is 2.26. The van der Waals surface area contributed by atoms with Crippen LogP contribution in [-0.2, 0) is 25.7 Å². The standard InChI is InChI=1S/C18H20N2O3/c21-18(17-14-3-1-2-4-16(14)23-20-17)19-9-7-12-5-6-15-13(11-12)8-10-22-15/h5-6,11H,1-4,7-10H2,(H,19,21). The summed E-state index contributed by atoms with van der Waals surface area (Å²) in [5.74, 6) is 1.76. The summed E-state index contributed by atoms with van der Waals surface area (Å²) in [4.78, 5) is 12.3. The minimum absolute atomic E-state index is 0.124. The van der Waals surface area contributed by atoms with Gasteiger partial charge in [-0.05, 0) is 42.9 Å². The molecular formula is C18H20N2O3. The van der Waals surface area contributed by atoms with Crippen molar-refractivity contribution in [1.82, 2.24) is 10.5 Å². The molecule has 0 spiro atoms. The Morgan fingerprint density at radius 2 is 2.13 bits per heavy atom. The Hall–Kier alpha value is -2.30. The molecule has 1 aromatic carbocycles. The molecule has 0 atom stereocenters. The highest BCUT2D eigenvalue weighted by Gasteiger charge is 2.23. The molecule has 1 amide bonds. The van der Waals surface area contributed by atoms with Crippen molar-refractivity contribution in [1.29, 1.82) is 0 Å². The van der Waals surface area contributed by atoms with Crippen LogP contribution in [0.1, 0.15) is 45.8 Å². The molecule has 5 heteroatoms. The van der Waals surface area contributed by atoms with Crippen molar-refractivity contribution < 1.29 is 14.1 Å². The lowest BCUT2D eigenvalue weighted by Crippen LogP contribution is -2.27. The lowest BCUT2D eigenvalue weighted by Gasteiger charge is -2.09. The molecule has 2 aromatic rings.